The number of nitrogens with zero attached hydrogens (tertiary/aromatic N) is 1. The van der Waals surface area contributed by atoms with Gasteiger partial charge in [0.1, 0.15) is 5.75 Å². The molecule has 4 nitrogen and oxygen atoms in total. The van der Waals surface area contributed by atoms with Crippen LogP contribution in [0.3, 0.4) is 0 Å². The largest absolute Gasteiger partial charge is 0.490 e. The van der Waals surface area contributed by atoms with Gasteiger partial charge in [-0.15, -0.1) is 0 Å². The summed E-state index contributed by atoms with van der Waals surface area (Å²) in [5.41, 5.74) is 0.614. The standard InChI is InChI=1S/C16H22BrNO3/c1-11(2)21-15-9-12(17)6-7-14(15)16(19)18-8-4-5-13(10-18)20-3/h6-7,9,11,13H,4-5,8,10H2,1-3H3. The van der Waals surface area contributed by atoms with Gasteiger partial charge in [-0.3, -0.25) is 4.79 Å². The summed E-state index contributed by atoms with van der Waals surface area (Å²) in [5.74, 6) is 0.642. The van der Waals surface area contributed by atoms with Crippen LogP contribution in [0.25, 0.3) is 0 Å². The molecular formula is C16H22BrNO3. The van der Waals surface area contributed by atoms with Crippen molar-refractivity contribution < 1.29 is 14.3 Å². The SMILES string of the molecule is COC1CCCN(C(=O)c2ccc(Br)cc2OC(C)C)C1. The van der Waals surface area contributed by atoms with E-state index < -0.39 is 0 Å². The highest BCUT2D eigenvalue weighted by molar-refractivity contribution is 9.10. The van der Waals surface area contributed by atoms with E-state index >= 15 is 0 Å². The van der Waals surface area contributed by atoms with Crippen LogP contribution in [0.1, 0.15) is 37.0 Å². The van der Waals surface area contributed by atoms with E-state index in [1.165, 1.54) is 0 Å². The zero-order valence-electron chi connectivity index (χ0n) is 12.8. The number of methoxy groups -OCH3 is 1. The predicted octanol–water partition coefficient (Wildman–Crippen LogP) is 3.49. The maximum Gasteiger partial charge on any atom is 0.257 e. The molecule has 0 spiro atoms. The minimum atomic E-state index is 0.0138. The van der Waals surface area contributed by atoms with E-state index in [-0.39, 0.29) is 18.1 Å². The number of amides is 1. The maximum atomic E-state index is 12.7. The summed E-state index contributed by atoms with van der Waals surface area (Å²) in [4.78, 5) is 14.6. The fourth-order valence-electron chi connectivity index (χ4n) is 2.51. The number of ether oxygens (including phenoxy) is 2. The summed E-state index contributed by atoms with van der Waals surface area (Å²) < 4.78 is 12.1. The fraction of sp³-hybridized carbons (Fsp3) is 0.562. The number of rotatable bonds is 4. The van der Waals surface area contributed by atoms with E-state index in [1.807, 2.05) is 36.9 Å². The monoisotopic (exact) mass is 355 g/mol. The van der Waals surface area contributed by atoms with Crippen LogP contribution >= 0.6 is 15.9 Å². The molecule has 0 saturated carbocycles. The van der Waals surface area contributed by atoms with E-state index in [9.17, 15) is 4.79 Å². The van der Waals surface area contributed by atoms with Crippen molar-refractivity contribution in [2.75, 3.05) is 20.2 Å². The quantitative estimate of drug-likeness (QED) is 0.829. The minimum Gasteiger partial charge on any atom is -0.490 e. The lowest BCUT2D eigenvalue weighted by Crippen LogP contribution is -2.43. The van der Waals surface area contributed by atoms with E-state index in [2.05, 4.69) is 15.9 Å². The number of hydrogen-bond donors (Lipinski definition) is 0. The van der Waals surface area contributed by atoms with Crippen molar-refractivity contribution in [2.45, 2.75) is 38.9 Å². The first-order valence-electron chi connectivity index (χ1n) is 7.29. The highest BCUT2D eigenvalue weighted by atomic mass is 79.9. The lowest BCUT2D eigenvalue weighted by Gasteiger charge is -2.32. The topological polar surface area (TPSA) is 38.8 Å². The zero-order chi connectivity index (χ0) is 15.4. The third-order valence-electron chi connectivity index (χ3n) is 3.54. The zero-order valence-corrected chi connectivity index (χ0v) is 14.4. The van der Waals surface area contributed by atoms with E-state index in [0.29, 0.717) is 17.9 Å². The summed E-state index contributed by atoms with van der Waals surface area (Å²) in [6, 6.07) is 5.55. The van der Waals surface area contributed by atoms with Gasteiger partial charge in [-0.1, -0.05) is 15.9 Å². The molecular weight excluding hydrogens is 334 g/mol. The normalized spacial score (nSPS) is 18.9. The molecule has 1 aliphatic rings. The van der Waals surface area contributed by atoms with Gasteiger partial charge in [0.15, 0.2) is 0 Å². The Bertz CT molecular complexity index is 504. The molecule has 1 fully saturated rings. The third-order valence-corrected chi connectivity index (χ3v) is 4.03. The Morgan fingerprint density at radius 2 is 2.19 bits per heavy atom. The number of carbonyl (C=O) groups is 1. The second kappa shape index (κ2) is 7.27. The molecule has 1 aromatic rings. The Kier molecular flexibility index (Phi) is 5.65. The molecule has 0 N–H and O–H groups in total. The van der Waals surface area contributed by atoms with Gasteiger partial charge in [-0.2, -0.15) is 0 Å². The second-order valence-electron chi connectivity index (χ2n) is 5.56. The maximum absolute atomic E-state index is 12.7. The van der Waals surface area contributed by atoms with Crippen molar-refractivity contribution in [3.05, 3.63) is 28.2 Å². The Morgan fingerprint density at radius 3 is 2.86 bits per heavy atom. The van der Waals surface area contributed by atoms with E-state index in [4.69, 9.17) is 9.47 Å². The van der Waals surface area contributed by atoms with Gasteiger partial charge < -0.3 is 14.4 Å². The van der Waals surface area contributed by atoms with Gasteiger partial charge in [-0.25, -0.2) is 0 Å². The van der Waals surface area contributed by atoms with Gasteiger partial charge in [0.25, 0.3) is 5.91 Å². The van der Waals surface area contributed by atoms with Gasteiger partial charge in [0.2, 0.25) is 0 Å². The Morgan fingerprint density at radius 1 is 1.43 bits per heavy atom. The van der Waals surface area contributed by atoms with Crippen molar-refractivity contribution in [1.29, 1.82) is 0 Å². The molecule has 1 atom stereocenters. The van der Waals surface area contributed by atoms with Crippen molar-refractivity contribution >= 4 is 21.8 Å². The van der Waals surface area contributed by atoms with Crippen LogP contribution in [0, 0.1) is 0 Å². The number of piperidine rings is 1. The van der Waals surface area contributed by atoms with Gasteiger partial charge in [-0.05, 0) is 44.9 Å². The van der Waals surface area contributed by atoms with Crippen molar-refractivity contribution in [3.63, 3.8) is 0 Å². The van der Waals surface area contributed by atoms with Crippen molar-refractivity contribution in [2.24, 2.45) is 0 Å². The highest BCUT2D eigenvalue weighted by Gasteiger charge is 2.26. The van der Waals surface area contributed by atoms with Crippen molar-refractivity contribution in [1.82, 2.24) is 4.90 Å². The van der Waals surface area contributed by atoms with Crippen molar-refractivity contribution in [3.8, 4) is 5.75 Å². The third kappa shape index (κ3) is 4.20. The fourth-order valence-corrected chi connectivity index (χ4v) is 2.85. The molecule has 5 heteroatoms. The lowest BCUT2D eigenvalue weighted by atomic mass is 10.1. The molecule has 0 radical (unpaired) electrons. The number of likely N-dealkylation sites (tertiary alicyclic amines) is 1. The molecule has 0 aliphatic carbocycles. The summed E-state index contributed by atoms with van der Waals surface area (Å²) in [6.07, 6.45) is 2.14. The van der Waals surface area contributed by atoms with E-state index in [1.54, 1.807) is 7.11 Å². The number of benzene rings is 1. The second-order valence-corrected chi connectivity index (χ2v) is 6.47. The Hall–Kier alpha value is -1.07. The Labute approximate surface area is 134 Å². The lowest BCUT2D eigenvalue weighted by molar-refractivity contribution is 0.0266. The molecule has 1 amide bonds. The van der Waals surface area contributed by atoms with E-state index in [0.717, 1.165) is 23.9 Å². The molecule has 1 saturated heterocycles. The molecule has 1 aromatic carbocycles. The summed E-state index contributed by atoms with van der Waals surface area (Å²) in [6.45, 7) is 5.33. The molecule has 21 heavy (non-hydrogen) atoms. The molecule has 2 rings (SSSR count). The average Bonchev–Trinajstić information content (AvgIpc) is 2.46. The molecule has 1 unspecified atom stereocenters. The molecule has 1 aliphatic heterocycles. The molecule has 116 valence electrons. The molecule has 0 bridgehead atoms. The van der Waals surface area contributed by atoms with Gasteiger partial charge in [0.05, 0.1) is 17.8 Å². The average molecular weight is 356 g/mol. The number of carbonyl (C=O) groups excluding carboxylic acids is 1. The summed E-state index contributed by atoms with van der Waals surface area (Å²) in [7, 11) is 1.70. The predicted molar refractivity (Wildman–Crippen MR) is 85.8 cm³/mol. The molecule has 0 aromatic heterocycles. The minimum absolute atomic E-state index is 0.0138. The van der Waals surface area contributed by atoms with Crippen LogP contribution < -0.4 is 4.74 Å². The summed E-state index contributed by atoms with van der Waals surface area (Å²) in [5, 5.41) is 0. The molecule has 1 heterocycles. The van der Waals surface area contributed by atoms with Crippen LogP contribution in [-0.2, 0) is 4.74 Å². The van der Waals surface area contributed by atoms with Crippen LogP contribution in [0.5, 0.6) is 5.75 Å². The first-order chi connectivity index (χ1) is 10.0. The number of halogens is 1. The van der Waals surface area contributed by atoms with Gasteiger partial charge >= 0.3 is 0 Å². The smallest absolute Gasteiger partial charge is 0.257 e. The van der Waals surface area contributed by atoms with Crippen LogP contribution in [-0.4, -0.2) is 43.2 Å². The van der Waals surface area contributed by atoms with Crippen LogP contribution in [0.2, 0.25) is 0 Å². The van der Waals surface area contributed by atoms with Crippen LogP contribution in [0.4, 0.5) is 0 Å². The Balaban J connectivity index is 2.21. The first kappa shape index (κ1) is 16.3. The van der Waals surface area contributed by atoms with Gasteiger partial charge in [0, 0.05) is 24.7 Å². The number of hydrogen-bond acceptors (Lipinski definition) is 3. The summed E-state index contributed by atoms with van der Waals surface area (Å²) >= 11 is 3.43. The first-order valence-corrected chi connectivity index (χ1v) is 8.09. The highest BCUT2D eigenvalue weighted by Crippen LogP contribution is 2.27. The van der Waals surface area contributed by atoms with Crippen LogP contribution in [0.15, 0.2) is 22.7 Å².